The summed E-state index contributed by atoms with van der Waals surface area (Å²) < 4.78 is 5.89. The highest BCUT2D eigenvalue weighted by Crippen LogP contribution is 2.25. The Labute approximate surface area is 106 Å². The number of hydrogen-bond donors (Lipinski definition) is 1. The minimum atomic E-state index is -0.314. The third kappa shape index (κ3) is 1.98. The second kappa shape index (κ2) is 4.23. The summed E-state index contributed by atoms with van der Waals surface area (Å²) >= 11 is 1.43. The maximum absolute atomic E-state index is 11.8. The lowest BCUT2D eigenvalue weighted by Crippen LogP contribution is -2.11. The number of hydrogen-bond acceptors (Lipinski definition) is 5. The molecule has 0 aliphatic carbocycles. The molecular formula is C12H9N3O2S. The van der Waals surface area contributed by atoms with Crippen LogP contribution in [0.5, 0.6) is 0 Å². The second-order valence-corrected chi connectivity index (χ2v) is 4.79. The molecule has 3 aromatic rings. The van der Waals surface area contributed by atoms with E-state index in [1.807, 2.05) is 24.3 Å². The minimum absolute atomic E-state index is 0.256. The summed E-state index contributed by atoms with van der Waals surface area (Å²) in [5.41, 5.74) is 1.13. The Morgan fingerprint density at radius 1 is 1.39 bits per heavy atom. The van der Waals surface area contributed by atoms with Gasteiger partial charge in [-0.15, -0.1) is 0 Å². The molecule has 1 aromatic carbocycles. The van der Waals surface area contributed by atoms with E-state index in [2.05, 4.69) is 15.5 Å². The lowest BCUT2D eigenvalue weighted by atomic mass is 10.3. The van der Waals surface area contributed by atoms with Gasteiger partial charge in [-0.25, -0.2) is 4.98 Å². The molecule has 0 aliphatic rings. The van der Waals surface area contributed by atoms with Crippen LogP contribution in [-0.2, 0) is 0 Å². The summed E-state index contributed by atoms with van der Waals surface area (Å²) in [5, 5.41) is 6.92. The molecule has 90 valence electrons. The highest BCUT2D eigenvalue weighted by atomic mass is 32.1. The van der Waals surface area contributed by atoms with Crippen LogP contribution in [0.2, 0.25) is 0 Å². The number of nitrogens with zero attached hydrogens (tertiary/aromatic N) is 2. The number of amides is 1. The van der Waals surface area contributed by atoms with Crippen LogP contribution in [0.15, 0.2) is 34.9 Å². The first-order valence-electron chi connectivity index (χ1n) is 5.32. The minimum Gasteiger partial charge on any atom is -0.361 e. The molecule has 3 rings (SSSR count). The molecule has 2 heterocycles. The van der Waals surface area contributed by atoms with Crippen molar-refractivity contribution in [1.82, 2.24) is 10.1 Å². The fraction of sp³-hybridized carbons (Fsp3) is 0.0833. The fourth-order valence-corrected chi connectivity index (χ4v) is 2.42. The van der Waals surface area contributed by atoms with Crippen LogP contribution in [-0.4, -0.2) is 16.0 Å². The Hall–Kier alpha value is -2.21. The van der Waals surface area contributed by atoms with E-state index in [1.54, 1.807) is 13.0 Å². The molecule has 0 saturated carbocycles. The van der Waals surface area contributed by atoms with Crippen LogP contribution in [0.1, 0.15) is 16.2 Å². The van der Waals surface area contributed by atoms with Gasteiger partial charge < -0.3 is 4.52 Å². The van der Waals surface area contributed by atoms with Crippen LogP contribution < -0.4 is 5.32 Å². The quantitative estimate of drug-likeness (QED) is 0.768. The maximum atomic E-state index is 11.8. The molecule has 1 amide bonds. The molecule has 0 unspecified atom stereocenters. The van der Waals surface area contributed by atoms with Gasteiger partial charge in [-0.2, -0.15) is 0 Å². The summed E-state index contributed by atoms with van der Waals surface area (Å²) in [6.45, 7) is 1.74. The van der Waals surface area contributed by atoms with E-state index in [1.165, 1.54) is 11.3 Å². The zero-order valence-electron chi connectivity index (χ0n) is 9.51. The zero-order valence-corrected chi connectivity index (χ0v) is 10.3. The molecule has 6 heteroatoms. The van der Waals surface area contributed by atoms with Crippen molar-refractivity contribution < 1.29 is 9.32 Å². The summed E-state index contributed by atoms with van der Waals surface area (Å²) in [6.07, 6.45) is 0. The first-order chi connectivity index (χ1) is 8.72. The number of carbonyl (C=O) groups is 1. The van der Waals surface area contributed by atoms with Gasteiger partial charge in [-0.1, -0.05) is 28.6 Å². The smallest absolute Gasteiger partial charge is 0.279 e. The highest BCUT2D eigenvalue weighted by Gasteiger charge is 2.13. The Morgan fingerprint density at radius 3 is 2.94 bits per heavy atom. The van der Waals surface area contributed by atoms with Crippen molar-refractivity contribution in [3.63, 3.8) is 0 Å². The number of para-hydroxylation sites is 1. The Bertz CT molecular complexity index is 684. The monoisotopic (exact) mass is 259 g/mol. The summed E-state index contributed by atoms with van der Waals surface area (Å²) in [4.78, 5) is 16.2. The zero-order chi connectivity index (χ0) is 12.5. The van der Waals surface area contributed by atoms with E-state index in [9.17, 15) is 4.79 Å². The molecule has 0 bridgehead atoms. The molecule has 18 heavy (non-hydrogen) atoms. The summed E-state index contributed by atoms with van der Waals surface area (Å²) in [6, 6.07) is 9.30. The lowest BCUT2D eigenvalue weighted by Gasteiger charge is -1.95. The molecule has 1 N–H and O–H groups in total. The molecule has 0 saturated heterocycles. The van der Waals surface area contributed by atoms with E-state index < -0.39 is 0 Å². The number of rotatable bonds is 2. The van der Waals surface area contributed by atoms with Gasteiger partial charge in [0, 0.05) is 6.07 Å². The Balaban J connectivity index is 1.86. The first kappa shape index (κ1) is 10.9. The second-order valence-electron chi connectivity index (χ2n) is 3.76. The van der Waals surface area contributed by atoms with Crippen LogP contribution in [0, 0.1) is 6.92 Å². The largest absolute Gasteiger partial charge is 0.361 e. The number of aryl methyl sites for hydroxylation is 1. The highest BCUT2D eigenvalue weighted by molar-refractivity contribution is 7.22. The van der Waals surface area contributed by atoms with Crippen LogP contribution >= 0.6 is 11.3 Å². The molecular weight excluding hydrogens is 250 g/mol. The van der Waals surface area contributed by atoms with Gasteiger partial charge in [0.2, 0.25) is 0 Å². The number of benzene rings is 1. The number of nitrogens with one attached hydrogen (secondary N) is 1. The number of thiazole rings is 1. The fourth-order valence-electron chi connectivity index (χ4n) is 1.56. The number of aromatic nitrogens is 2. The van der Waals surface area contributed by atoms with Crippen LogP contribution in [0.4, 0.5) is 5.13 Å². The molecule has 0 aliphatic heterocycles. The third-order valence-corrected chi connectivity index (χ3v) is 3.33. The van der Waals surface area contributed by atoms with Crippen molar-refractivity contribution in [1.29, 1.82) is 0 Å². The molecule has 2 aromatic heterocycles. The van der Waals surface area contributed by atoms with Crippen molar-refractivity contribution in [2.45, 2.75) is 6.92 Å². The number of carbonyl (C=O) groups excluding carboxylic acids is 1. The Kier molecular flexibility index (Phi) is 2.56. The van der Waals surface area contributed by atoms with E-state index in [-0.39, 0.29) is 11.6 Å². The van der Waals surface area contributed by atoms with E-state index in [4.69, 9.17) is 4.52 Å². The maximum Gasteiger partial charge on any atom is 0.279 e. The van der Waals surface area contributed by atoms with Crippen molar-refractivity contribution >= 4 is 32.6 Å². The van der Waals surface area contributed by atoms with Crippen molar-refractivity contribution in [2.24, 2.45) is 0 Å². The van der Waals surface area contributed by atoms with Gasteiger partial charge in [0.25, 0.3) is 5.91 Å². The molecule has 5 nitrogen and oxygen atoms in total. The van der Waals surface area contributed by atoms with Crippen LogP contribution in [0.3, 0.4) is 0 Å². The Morgan fingerprint density at radius 2 is 2.22 bits per heavy atom. The molecule has 0 spiro atoms. The first-order valence-corrected chi connectivity index (χ1v) is 6.14. The average Bonchev–Trinajstić information content (AvgIpc) is 2.94. The van der Waals surface area contributed by atoms with Gasteiger partial charge in [0.1, 0.15) is 5.76 Å². The normalized spacial score (nSPS) is 10.7. The predicted octanol–water partition coefficient (Wildman–Crippen LogP) is 2.85. The van der Waals surface area contributed by atoms with Crippen molar-refractivity contribution in [2.75, 3.05) is 5.32 Å². The average molecular weight is 259 g/mol. The lowest BCUT2D eigenvalue weighted by molar-refractivity contribution is 0.101. The number of fused-ring (bicyclic) bond motifs is 1. The molecule has 0 radical (unpaired) electrons. The van der Waals surface area contributed by atoms with Gasteiger partial charge in [-0.3, -0.25) is 10.1 Å². The summed E-state index contributed by atoms with van der Waals surface area (Å²) in [7, 11) is 0. The van der Waals surface area contributed by atoms with Gasteiger partial charge in [0.15, 0.2) is 10.8 Å². The topological polar surface area (TPSA) is 68.0 Å². The third-order valence-electron chi connectivity index (χ3n) is 2.37. The van der Waals surface area contributed by atoms with Crippen LogP contribution in [0.25, 0.3) is 10.2 Å². The van der Waals surface area contributed by atoms with Gasteiger partial charge >= 0.3 is 0 Å². The van der Waals surface area contributed by atoms with Gasteiger partial charge in [-0.05, 0) is 19.1 Å². The standard InChI is InChI=1S/C12H9N3O2S/c1-7-6-9(15-17-7)11(16)14-12-13-8-4-2-3-5-10(8)18-12/h2-6H,1H3,(H,13,14,16). The van der Waals surface area contributed by atoms with E-state index in [0.29, 0.717) is 10.9 Å². The van der Waals surface area contributed by atoms with Crippen molar-refractivity contribution in [3.8, 4) is 0 Å². The van der Waals surface area contributed by atoms with Gasteiger partial charge in [0.05, 0.1) is 10.2 Å². The van der Waals surface area contributed by atoms with E-state index in [0.717, 1.165) is 10.2 Å². The van der Waals surface area contributed by atoms with E-state index >= 15 is 0 Å². The molecule has 0 fully saturated rings. The molecule has 0 atom stereocenters. The predicted molar refractivity (Wildman–Crippen MR) is 68.8 cm³/mol. The SMILES string of the molecule is Cc1cc(C(=O)Nc2nc3ccccc3s2)no1. The van der Waals surface area contributed by atoms with Crippen molar-refractivity contribution in [3.05, 3.63) is 41.8 Å². The number of anilines is 1. The summed E-state index contributed by atoms with van der Waals surface area (Å²) in [5.74, 6) is 0.287.